The molecule has 4 rings (SSSR count). The largest absolute Gasteiger partial charge is 0.469 e. The lowest BCUT2D eigenvalue weighted by Crippen LogP contribution is -2.71. The number of esters is 2. The summed E-state index contributed by atoms with van der Waals surface area (Å²) in [5.41, 5.74) is 0.685. The minimum atomic E-state index is -0.570. The SMILES string of the molecule is COC(=O)C1CC2(C1)CC1(C2)N[C@@H](c2ccccc2)COC1=O. The van der Waals surface area contributed by atoms with Crippen molar-refractivity contribution < 1.29 is 19.1 Å². The van der Waals surface area contributed by atoms with E-state index in [2.05, 4.69) is 17.4 Å². The van der Waals surface area contributed by atoms with Crippen LogP contribution in [0.15, 0.2) is 30.3 Å². The van der Waals surface area contributed by atoms with Crippen LogP contribution in [0.1, 0.15) is 37.3 Å². The van der Waals surface area contributed by atoms with Gasteiger partial charge in [-0.2, -0.15) is 0 Å². The molecule has 3 aliphatic rings. The number of carbonyl (C=O) groups is 2. The summed E-state index contributed by atoms with van der Waals surface area (Å²) in [5.74, 6) is -0.267. The average Bonchev–Trinajstić information content (AvgIpc) is 2.51. The van der Waals surface area contributed by atoms with E-state index in [0.29, 0.717) is 6.61 Å². The average molecular weight is 315 g/mol. The molecule has 0 bridgehead atoms. The van der Waals surface area contributed by atoms with Gasteiger partial charge in [-0.3, -0.25) is 14.9 Å². The summed E-state index contributed by atoms with van der Waals surface area (Å²) in [5, 5.41) is 3.52. The van der Waals surface area contributed by atoms with E-state index in [9.17, 15) is 9.59 Å². The maximum atomic E-state index is 12.3. The Hall–Kier alpha value is -1.88. The van der Waals surface area contributed by atoms with Gasteiger partial charge in [0.2, 0.25) is 0 Å². The number of hydrogen-bond donors (Lipinski definition) is 1. The molecule has 0 amide bonds. The van der Waals surface area contributed by atoms with Crippen LogP contribution in [0.4, 0.5) is 0 Å². The Morgan fingerprint density at radius 2 is 1.96 bits per heavy atom. The molecular formula is C18H21NO4. The molecule has 1 atom stereocenters. The highest BCUT2D eigenvalue weighted by Crippen LogP contribution is 2.64. The number of hydrogen-bond acceptors (Lipinski definition) is 5. The second-order valence-electron chi connectivity index (χ2n) is 7.27. The third kappa shape index (κ3) is 2.26. The fraction of sp³-hybridized carbons (Fsp3) is 0.556. The first-order valence-corrected chi connectivity index (χ1v) is 8.14. The van der Waals surface area contributed by atoms with Crippen molar-refractivity contribution in [3.8, 4) is 0 Å². The van der Waals surface area contributed by atoms with Crippen molar-refractivity contribution in [2.24, 2.45) is 11.3 Å². The molecule has 1 saturated heterocycles. The number of cyclic esters (lactones) is 1. The second kappa shape index (κ2) is 5.06. The number of rotatable bonds is 2. The number of nitrogens with one attached hydrogen (secondary N) is 1. The van der Waals surface area contributed by atoms with Crippen LogP contribution in [0.25, 0.3) is 0 Å². The van der Waals surface area contributed by atoms with Crippen LogP contribution in [0, 0.1) is 11.3 Å². The van der Waals surface area contributed by atoms with Gasteiger partial charge in [0.1, 0.15) is 12.1 Å². The molecule has 3 fully saturated rings. The number of benzene rings is 1. The summed E-state index contributed by atoms with van der Waals surface area (Å²) < 4.78 is 10.3. The topological polar surface area (TPSA) is 64.6 Å². The lowest BCUT2D eigenvalue weighted by molar-refractivity contribution is -0.190. The third-order valence-corrected chi connectivity index (χ3v) is 5.67. The summed E-state index contributed by atoms with van der Waals surface area (Å²) in [4.78, 5) is 23.9. The lowest BCUT2D eigenvalue weighted by atomic mass is 9.45. The van der Waals surface area contributed by atoms with Crippen LogP contribution >= 0.6 is 0 Å². The summed E-state index contributed by atoms with van der Waals surface area (Å²) in [6.07, 6.45) is 3.17. The lowest BCUT2D eigenvalue weighted by Gasteiger charge is -2.63. The third-order valence-electron chi connectivity index (χ3n) is 5.67. The van der Waals surface area contributed by atoms with Gasteiger partial charge in [0.05, 0.1) is 19.1 Å². The van der Waals surface area contributed by atoms with Gasteiger partial charge in [-0.1, -0.05) is 30.3 Å². The number of ether oxygens (including phenoxy) is 2. The van der Waals surface area contributed by atoms with E-state index in [1.807, 2.05) is 18.2 Å². The molecule has 1 aliphatic heterocycles. The molecule has 2 spiro atoms. The van der Waals surface area contributed by atoms with Crippen molar-refractivity contribution in [3.05, 3.63) is 35.9 Å². The first kappa shape index (κ1) is 14.7. The minimum Gasteiger partial charge on any atom is -0.469 e. The maximum absolute atomic E-state index is 12.3. The smallest absolute Gasteiger partial charge is 0.326 e. The monoisotopic (exact) mass is 315 g/mol. The van der Waals surface area contributed by atoms with Gasteiger partial charge in [0.15, 0.2) is 0 Å². The molecule has 5 heteroatoms. The Kier molecular flexibility index (Phi) is 3.23. The Labute approximate surface area is 135 Å². The molecule has 1 heterocycles. The fourth-order valence-electron chi connectivity index (χ4n) is 4.68. The van der Waals surface area contributed by atoms with E-state index in [1.165, 1.54) is 7.11 Å². The van der Waals surface area contributed by atoms with Crippen molar-refractivity contribution in [1.82, 2.24) is 5.32 Å². The van der Waals surface area contributed by atoms with E-state index in [0.717, 1.165) is 31.2 Å². The van der Waals surface area contributed by atoms with E-state index >= 15 is 0 Å². The molecule has 1 aromatic rings. The van der Waals surface area contributed by atoms with E-state index in [1.54, 1.807) is 0 Å². The number of morpholine rings is 1. The zero-order valence-electron chi connectivity index (χ0n) is 13.2. The van der Waals surface area contributed by atoms with Crippen molar-refractivity contribution in [3.63, 3.8) is 0 Å². The van der Waals surface area contributed by atoms with Crippen LogP contribution < -0.4 is 5.32 Å². The number of carbonyl (C=O) groups excluding carboxylic acids is 2. The van der Waals surface area contributed by atoms with Crippen molar-refractivity contribution in [2.45, 2.75) is 37.3 Å². The van der Waals surface area contributed by atoms with E-state index in [-0.39, 0.29) is 29.3 Å². The van der Waals surface area contributed by atoms with Gasteiger partial charge < -0.3 is 9.47 Å². The van der Waals surface area contributed by atoms with Gasteiger partial charge in [0.25, 0.3) is 0 Å². The summed E-state index contributed by atoms with van der Waals surface area (Å²) in [7, 11) is 1.43. The summed E-state index contributed by atoms with van der Waals surface area (Å²) in [6, 6.07) is 10.1. The van der Waals surface area contributed by atoms with Gasteiger partial charge >= 0.3 is 11.9 Å². The van der Waals surface area contributed by atoms with Crippen molar-refractivity contribution >= 4 is 11.9 Å². The van der Waals surface area contributed by atoms with Crippen LogP contribution in [0.5, 0.6) is 0 Å². The molecule has 2 saturated carbocycles. The molecule has 122 valence electrons. The Morgan fingerprint density at radius 3 is 2.61 bits per heavy atom. The van der Waals surface area contributed by atoms with Gasteiger partial charge in [0, 0.05) is 0 Å². The Balaban J connectivity index is 1.43. The van der Waals surface area contributed by atoms with Crippen LogP contribution in [0.3, 0.4) is 0 Å². The molecule has 5 nitrogen and oxygen atoms in total. The Morgan fingerprint density at radius 1 is 1.26 bits per heavy atom. The van der Waals surface area contributed by atoms with Crippen LogP contribution in [0.2, 0.25) is 0 Å². The van der Waals surface area contributed by atoms with Gasteiger partial charge in [-0.05, 0) is 36.7 Å². The molecule has 2 aliphatic carbocycles. The normalized spacial score (nSPS) is 38.6. The zero-order chi connectivity index (χ0) is 16.1. The quantitative estimate of drug-likeness (QED) is 0.846. The van der Waals surface area contributed by atoms with Crippen LogP contribution in [-0.4, -0.2) is 31.2 Å². The molecule has 1 aromatic carbocycles. The molecule has 0 radical (unpaired) electrons. The van der Waals surface area contributed by atoms with Crippen molar-refractivity contribution in [1.29, 1.82) is 0 Å². The highest BCUT2D eigenvalue weighted by Gasteiger charge is 2.66. The molecule has 0 aromatic heterocycles. The van der Waals surface area contributed by atoms with Crippen molar-refractivity contribution in [2.75, 3.05) is 13.7 Å². The van der Waals surface area contributed by atoms with Gasteiger partial charge in [-0.15, -0.1) is 0 Å². The van der Waals surface area contributed by atoms with E-state index < -0.39 is 5.54 Å². The summed E-state index contributed by atoms with van der Waals surface area (Å²) in [6.45, 7) is 0.377. The zero-order valence-corrected chi connectivity index (χ0v) is 13.2. The maximum Gasteiger partial charge on any atom is 0.326 e. The summed E-state index contributed by atoms with van der Waals surface area (Å²) >= 11 is 0. The molecule has 23 heavy (non-hydrogen) atoms. The minimum absolute atomic E-state index is 0.00174. The fourth-order valence-corrected chi connectivity index (χ4v) is 4.68. The van der Waals surface area contributed by atoms with Crippen LogP contribution in [-0.2, 0) is 19.1 Å². The highest BCUT2D eigenvalue weighted by molar-refractivity contribution is 5.84. The highest BCUT2D eigenvalue weighted by atomic mass is 16.5. The molecule has 1 N–H and O–H groups in total. The second-order valence-corrected chi connectivity index (χ2v) is 7.27. The molecule has 0 unspecified atom stereocenters. The first-order chi connectivity index (χ1) is 11.1. The molecular weight excluding hydrogens is 294 g/mol. The predicted molar refractivity (Wildman–Crippen MR) is 82.4 cm³/mol. The number of methoxy groups -OCH3 is 1. The first-order valence-electron chi connectivity index (χ1n) is 8.14. The van der Waals surface area contributed by atoms with E-state index in [4.69, 9.17) is 9.47 Å². The standard InChI is InChI=1S/C18H21NO4/c1-22-15(20)13-7-17(8-13)10-18(11-17)16(21)23-9-14(19-18)12-5-3-2-4-6-12/h2-6,13-14,19H,7-11H2,1H3/t13?,14-,17?,18?/m1/s1. The predicted octanol–water partition coefficient (Wildman–Crippen LogP) is 1.98. The Bertz CT molecular complexity index is 628. The van der Waals surface area contributed by atoms with Gasteiger partial charge in [-0.25, -0.2) is 0 Å².